The summed E-state index contributed by atoms with van der Waals surface area (Å²) in [6, 6.07) is 8.61. The molecule has 1 heterocycles. The summed E-state index contributed by atoms with van der Waals surface area (Å²) >= 11 is 0. The molecule has 0 N–H and O–H groups in total. The van der Waals surface area contributed by atoms with Crippen molar-refractivity contribution < 1.29 is 4.39 Å². The summed E-state index contributed by atoms with van der Waals surface area (Å²) in [6.07, 6.45) is 7.26. The Labute approximate surface area is 143 Å². The third-order valence-corrected chi connectivity index (χ3v) is 4.81. The number of hydrogen-bond donors (Lipinski definition) is 0. The molecule has 0 saturated heterocycles. The highest BCUT2D eigenvalue weighted by Crippen LogP contribution is 2.42. The average molecular weight is 325 g/mol. The summed E-state index contributed by atoms with van der Waals surface area (Å²) in [7, 11) is 1.98. The van der Waals surface area contributed by atoms with E-state index in [1.807, 2.05) is 13.2 Å². The van der Waals surface area contributed by atoms with Crippen LogP contribution in [0.1, 0.15) is 36.1 Å². The van der Waals surface area contributed by atoms with Gasteiger partial charge in [-0.05, 0) is 36.6 Å². The summed E-state index contributed by atoms with van der Waals surface area (Å²) in [5, 5.41) is 0. The highest BCUT2D eigenvalue weighted by molar-refractivity contribution is 5.80. The van der Waals surface area contributed by atoms with Gasteiger partial charge in [-0.3, -0.25) is 9.97 Å². The van der Waals surface area contributed by atoms with E-state index in [2.05, 4.69) is 46.1 Å². The molecule has 0 bridgehead atoms. The molecule has 3 rings (SSSR count). The van der Waals surface area contributed by atoms with Crippen molar-refractivity contribution in [3.8, 4) is 0 Å². The summed E-state index contributed by atoms with van der Waals surface area (Å²) in [4.78, 5) is 10.8. The summed E-state index contributed by atoms with van der Waals surface area (Å²) in [6.45, 7) is 3.28. The zero-order valence-corrected chi connectivity index (χ0v) is 14.4. The maximum absolute atomic E-state index is 12.5. The van der Waals surface area contributed by atoms with Gasteiger partial charge in [-0.25, -0.2) is 4.39 Å². The van der Waals surface area contributed by atoms with Gasteiger partial charge in [-0.2, -0.15) is 0 Å². The predicted molar refractivity (Wildman–Crippen MR) is 95.6 cm³/mol. The van der Waals surface area contributed by atoms with Crippen LogP contribution >= 0.6 is 0 Å². The largest absolute Gasteiger partial charge is 0.303 e. The van der Waals surface area contributed by atoms with E-state index in [0.29, 0.717) is 6.54 Å². The molecule has 1 aromatic heterocycles. The maximum Gasteiger partial charge on any atom is 0.102 e. The third-order valence-electron chi connectivity index (χ3n) is 4.81. The van der Waals surface area contributed by atoms with Crippen molar-refractivity contribution in [3.05, 3.63) is 65.2 Å². The summed E-state index contributed by atoms with van der Waals surface area (Å²) < 4.78 is 12.5. The number of hydrogen-bond acceptors (Lipinski definition) is 3. The molecule has 2 aromatic rings. The Morgan fingerprint density at radius 3 is 2.79 bits per heavy atom. The number of halogens is 1. The van der Waals surface area contributed by atoms with Crippen LogP contribution in [-0.4, -0.2) is 41.7 Å². The maximum atomic E-state index is 12.5. The highest BCUT2D eigenvalue weighted by Gasteiger charge is 2.26. The van der Waals surface area contributed by atoms with Crippen molar-refractivity contribution >= 4 is 5.57 Å². The van der Waals surface area contributed by atoms with Crippen LogP contribution in [-0.2, 0) is 6.42 Å². The lowest BCUT2D eigenvalue weighted by Gasteiger charge is -2.19. The molecule has 0 amide bonds. The first kappa shape index (κ1) is 16.8. The van der Waals surface area contributed by atoms with E-state index >= 15 is 0 Å². The molecule has 1 aliphatic carbocycles. The van der Waals surface area contributed by atoms with Gasteiger partial charge in [0.1, 0.15) is 6.67 Å². The molecule has 1 aliphatic rings. The molecule has 0 saturated carbocycles. The van der Waals surface area contributed by atoms with E-state index in [1.54, 1.807) is 12.4 Å². The Hall–Kier alpha value is -2.07. The minimum absolute atomic E-state index is 0.212. The third kappa shape index (κ3) is 3.54. The molecule has 0 spiro atoms. The van der Waals surface area contributed by atoms with Crippen LogP contribution in [0.25, 0.3) is 5.57 Å². The number of nitrogens with zero attached hydrogens (tertiary/aromatic N) is 3. The van der Waals surface area contributed by atoms with E-state index < -0.39 is 0 Å². The van der Waals surface area contributed by atoms with Gasteiger partial charge in [-0.1, -0.05) is 36.8 Å². The molecule has 24 heavy (non-hydrogen) atoms. The van der Waals surface area contributed by atoms with Crippen LogP contribution in [0.3, 0.4) is 0 Å². The van der Waals surface area contributed by atoms with E-state index in [0.717, 1.165) is 25.1 Å². The second-order valence-corrected chi connectivity index (χ2v) is 6.45. The molecule has 3 nitrogen and oxygen atoms in total. The van der Waals surface area contributed by atoms with Crippen molar-refractivity contribution in [1.29, 1.82) is 0 Å². The normalized spacial score (nSPS) is 15.0. The topological polar surface area (TPSA) is 29.0 Å². The van der Waals surface area contributed by atoms with E-state index in [-0.39, 0.29) is 12.6 Å². The second kappa shape index (κ2) is 7.67. The van der Waals surface area contributed by atoms with Gasteiger partial charge in [0, 0.05) is 37.6 Å². The van der Waals surface area contributed by atoms with Crippen molar-refractivity contribution in [3.63, 3.8) is 0 Å². The first-order valence-electron chi connectivity index (χ1n) is 8.51. The number of fused-ring (bicyclic) bond motifs is 1. The molecule has 4 heteroatoms. The van der Waals surface area contributed by atoms with Gasteiger partial charge in [-0.15, -0.1) is 0 Å². The molecular weight excluding hydrogens is 301 g/mol. The lowest BCUT2D eigenvalue weighted by Crippen LogP contribution is -2.22. The van der Waals surface area contributed by atoms with Gasteiger partial charge >= 0.3 is 0 Å². The second-order valence-electron chi connectivity index (χ2n) is 6.45. The van der Waals surface area contributed by atoms with Crippen molar-refractivity contribution in [1.82, 2.24) is 14.9 Å². The smallest absolute Gasteiger partial charge is 0.102 e. The van der Waals surface area contributed by atoms with Crippen molar-refractivity contribution in [2.75, 3.05) is 26.8 Å². The zero-order chi connectivity index (χ0) is 16.9. The summed E-state index contributed by atoms with van der Waals surface area (Å²) in [5.74, 6) is 0.212. The Morgan fingerprint density at radius 1 is 1.21 bits per heavy atom. The van der Waals surface area contributed by atoms with Crippen molar-refractivity contribution in [2.45, 2.75) is 25.7 Å². The highest BCUT2D eigenvalue weighted by atomic mass is 19.1. The van der Waals surface area contributed by atoms with E-state index in [4.69, 9.17) is 0 Å². The number of allylic oxidation sites excluding steroid dienone is 1. The fraction of sp³-hybridized carbons (Fsp3) is 0.400. The SMILES string of the molecule is C[C@H](C1=C(CCN(C)CCF)Cc2ccccc21)c1cnccn1. The number of benzene rings is 1. The first-order chi connectivity index (χ1) is 11.7. The standard InChI is InChI=1S/C20H24FN3/c1-15(19-14-22-9-10-23-19)20-17(7-11-24(2)12-8-21)13-16-5-3-4-6-18(16)20/h3-6,9-10,14-15H,7-8,11-13H2,1-2H3/t15-/m0/s1. The molecule has 0 unspecified atom stereocenters. The van der Waals surface area contributed by atoms with Gasteiger partial charge in [0.05, 0.1) is 5.69 Å². The molecule has 126 valence electrons. The lowest BCUT2D eigenvalue weighted by atomic mass is 9.90. The minimum Gasteiger partial charge on any atom is -0.303 e. The average Bonchev–Trinajstić information content (AvgIpc) is 2.99. The van der Waals surface area contributed by atoms with Crippen molar-refractivity contribution in [2.24, 2.45) is 0 Å². The number of rotatable bonds is 7. The van der Waals surface area contributed by atoms with Crippen LogP contribution in [0.5, 0.6) is 0 Å². The molecule has 1 atom stereocenters. The lowest BCUT2D eigenvalue weighted by molar-refractivity contribution is 0.298. The Bertz CT molecular complexity index is 712. The quantitative estimate of drug-likeness (QED) is 0.773. The zero-order valence-electron chi connectivity index (χ0n) is 14.4. The van der Waals surface area contributed by atoms with Crippen LogP contribution < -0.4 is 0 Å². The van der Waals surface area contributed by atoms with Gasteiger partial charge in [0.2, 0.25) is 0 Å². The molecular formula is C20H24FN3. The molecule has 0 aliphatic heterocycles. The predicted octanol–water partition coefficient (Wildman–Crippen LogP) is 3.88. The fourth-order valence-electron chi connectivity index (χ4n) is 3.48. The first-order valence-corrected chi connectivity index (χ1v) is 8.51. The Morgan fingerprint density at radius 2 is 2.04 bits per heavy atom. The van der Waals surface area contributed by atoms with Crippen LogP contribution in [0.4, 0.5) is 4.39 Å². The van der Waals surface area contributed by atoms with Gasteiger partial charge in [0.25, 0.3) is 0 Å². The molecule has 1 aromatic carbocycles. The Balaban J connectivity index is 1.89. The monoisotopic (exact) mass is 325 g/mol. The summed E-state index contributed by atoms with van der Waals surface area (Å²) in [5.41, 5.74) is 6.53. The fourth-order valence-corrected chi connectivity index (χ4v) is 3.48. The van der Waals surface area contributed by atoms with Gasteiger partial charge < -0.3 is 4.90 Å². The van der Waals surface area contributed by atoms with Crippen LogP contribution in [0.15, 0.2) is 48.4 Å². The Kier molecular flexibility index (Phi) is 5.36. The van der Waals surface area contributed by atoms with Crippen LogP contribution in [0, 0.1) is 0 Å². The van der Waals surface area contributed by atoms with E-state index in [1.165, 1.54) is 22.3 Å². The minimum atomic E-state index is -0.293. The molecule has 0 fully saturated rings. The number of aromatic nitrogens is 2. The van der Waals surface area contributed by atoms with E-state index in [9.17, 15) is 4.39 Å². The number of alkyl halides is 1. The van der Waals surface area contributed by atoms with Gasteiger partial charge in [0.15, 0.2) is 0 Å². The molecule has 0 radical (unpaired) electrons. The van der Waals surface area contributed by atoms with Crippen LogP contribution in [0.2, 0.25) is 0 Å².